The second-order valence-corrected chi connectivity index (χ2v) is 23.3. The fourth-order valence-electron chi connectivity index (χ4n) is 7.72. The van der Waals surface area contributed by atoms with Crippen LogP contribution in [0.25, 0.3) is 40.3 Å². The third-order valence-electron chi connectivity index (χ3n) is 11.6. The molecular weight excluding hydrogens is 1040 g/mol. The van der Waals surface area contributed by atoms with E-state index in [-0.39, 0.29) is 60.4 Å². The van der Waals surface area contributed by atoms with E-state index >= 15 is 0 Å². The van der Waals surface area contributed by atoms with Gasteiger partial charge in [-0.15, -0.1) is 45.3 Å². The molecule has 0 spiro atoms. The molecule has 8 aromatic rings. The van der Waals surface area contributed by atoms with E-state index in [1.165, 1.54) is 45.3 Å². The lowest BCUT2D eigenvalue weighted by Crippen LogP contribution is -2.14. The van der Waals surface area contributed by atoms with Crippen molar-refractivity contribution in [3.63, 3.8) is 0 Å². The molecule has 18 heteroatoms. The lowest BCUT2D eigenvalue weighted by atomic mass is 10.1. The van der Waals surface area contributed by atoms with Crippen molar-refractivity contribution in [1.82, 2.24) is 0 Å². The SMILES string of the molecule is CC(C)C(=O)c1cc2cc3c(cc2s1)OCCO3.CC(C)C(=O)c1cc2cc3c(cc2s1)OCO3.CC(C)C(=O)c1sc2cc3c(cc2c1Cl)OCCO3.CC(C)C(=O)c1sc2cc3c(cc2c1Cl)OCO3. The minimum atomic E-state index is -0.0623. The van der Waals surface area contributed by atoms with Crippen LogP contribution in [0.3, 0.4) is 0 Å². The Hall–Kier alpha value is -5.62. The number of thiophene rings is 4. The largest absolute Gasteiger partial charge is 0.486 e. The summed E-state index contributed by atoms with van der Waals surface area (Å²) in [4.78, 5) is 50.9. The Bertz CT molecular complexity index is 3330. The Morgan fingerprint density at radius 2 is 0.667 bits per heavy atom. The molecule has 0 N–H and O–H groups in total. The first-order chi connectivity index (χ1) is 34.4. The third kappa shape index (κ3) is 10.6. The molecule has 376 valence electrons. The van der Waals surface area contributed by atoms with Gasteiger partial charge in [0.05, 0.1) is 29.6 Å². The van der Waals surface area contributed by atoms with Crippen molar-refractivity contribution in [2.75, 3.05) is 40.0 Å². The number of hydrogen-bond donors (Lipinski definition) is 0. The van der Waals surface area contributed by atoms with Gasteiger partial charge in [-0.25, -0.2) is 0 Å². The Morgan fingerprint density at radius 3 is 1.03 bits per heavy atom. The van der Waals surface area contributed by atoms with Crippen LogP contribution in [0.5, 0.6) is 46.0 Å². The smallest absolute Gasteiger partial charge is 0.231 e. The molecule has 12 nitrogen and oxygen atoms in total. The highest BCUT2D eigenvalue weighted by molar-refractivity contribution is 7.22. The molecule has 8 heterocycles. The molecule has 4 aromatic carbocycles. The predicted molar refractivity (Wildman–Crippen MR) is 288 cm³/mol. The zero-order valence-electron chi connectivity index (χ0n) is 40.6. The number of ketones is 4. The van der Waals surface area contributed by atoms with E-state index in [1.54, 1.807) is 0 Å². The number of halogens is 2. The Morgan fingerprint density at radius 1 is 0.375 bits per heavy atom. The number of fused-ring (bicyclic) bond motifs is 8. The minimum Gasteiger partial charge on any atom is -0.486 e. The van der Waals surface area contributed by atoms with Crippen LogP contribution in [0.2, 0.25) is 10.0 Å². The first-order valence-corrected chi connectivity index (χ1v) is 27.3. The molecule has 0 radical (unpaired) electrons. The number of hydrogen-bond acceptors (Lipinski definition) is 16. The van der Waals surface area contributed by atoms with E-state index in [1.807, 2.05) is 116 Å². The van der Waals surface area contributed by atoms with Crippen LogP contribution in [0, 0.1) is 23.7 Å². The summed E-state index contributed by atoms with van der Waals surface area (Å²) < 4.78 is 47.5. The molecule has 0 unspecified atom stereocenters. The molecule has 0 bridgehead atoms. The van der Waals surface area contributed by atoms with Crippen molar-refractivity contribution in [2.45, 2.75) is 55.4 Å². The highest BCUT2D eigenvalue weighted by Crippen LogP contribution is 2.46. The van der Waals surface area contributed by atoms with E-state index in [4.69, 9.17) is 61.1 Å². The first kappa shape index (κ1) is 51.3. The van der Waals surface area contributed by atoms with Crippen molar-refractivity contribution in [1.29, 1.82) is 0 Å². The van der Waals surface area contributed by atoms with Gasteiger partial charge in [-0.2, -0.15) is 0 Å². The molecule has 0 fully saturated rings. The van der Waals surface area contributed by atoms with E-state index in [0.29, 0.717) is 63.5 Å². The number of Topliss-reactive ketones (excluding diaryl/α,β-unsaturated/α-hetero) is 4. The van der Waals surface area contributed by atoms with Gasteiger partial charge in [0, 0.05) is 77.5 Å². The van der Waals surface area contributed by atoms with Crippen molar-refractivity contribution < 1.29 is 57.1 Å². The zero-order chi connectivity index (χ0) is 51.1. The molecule has 0 amide bonds. The summed E-state index contributed by atoms with van der Waals surface area (Å²) in [7, 11) is 0. The first-order valence-electron chi connectivity index (χ1n) is 23.3. The Kier molecular flexibility index (Phi) is 15.3. The monoisotopic (exact) mass is 1090 g/mol. The summed E-state index contributed by atoms with van der Waals surface area (Å²) in [5.41, 5.74) is 0. The summed E-state index contributed by atoms with van der Waals surface area (Å²) >= 11 is 18.5. The maximum atomic E-state index is 12.1. The number of carbonyl (C=O) groups is 4. The summed E-state index contributed by atoms with van der Waals surface area (Å²) in [6.07, 6.45) is 0. The lowest BCUT2D eigenvalue weighted by Gasteiger charge is -2.18. The van der Waals surface area contributed by atoms with Gasteiger partial charge in [-0.05, 0) is 47.2 Å². The third-order valence-corrected chi connectivity index (χ3v) is 17.2. The lowest BCUT2D eigenvalue weighted by molar-refractivity contribution is 0.0936. The zero-order valence-corrected chi connectivity index (χ0v) is 45.4. The van der Waals surface area contributed by atoms with Crippen molar-refractivity contribution >= 4 is 132 Å². The highest BCUT2D eigenvalue weighted by Gasteiger charge is 2.25. The summed E-state index contributed by atoms with van der Waals surface area (Å²) in [5, 5.41) is 4.86. The van der Waals surface area contributed by atoms with Gasteiger partial charge in [0.25, 0.3) is 0 Å². The highest BCUT2D eigenvalue weighted by atomic mass is 35.5. The predicted octanol–water partition coefficient (Wildman–Crippen LogP) is 15.3. The molecular formula is C54H50Cl2O12S4. The maximum absolute atomic E-state index is 12.1. The van der Waals surface area contributed by atoms with Crippen LogP contribution in [-0.4, -0.2) is 63.1 Å². The quantitative estimate of drug-likeness (QED) is 0.134. The maximum Gasteiger partial charge on any atom is 0.231 e. The molecule has 0 aliphatic carbocycles. The van der Waals surface area contributed by atoms with Gasteiger partial charge < -0.3 is 37.9 Å². The minimum absolute atomic E-state index is 0.0280. The summed E-state index contributed by atoms with van der Waals surface area (Å²) in [6, 6.07) is 19.2. The molecule has 0 atom stereocenters. The average Bonchev–Trinajstić information content (AvgIpc) is 4.25. The van der Waals surface area contributed by atoms with E-state index < -0.39 is 0 Å². The van der Waals surface area contributed by atoms with Gasteiger partial charge in [0.1, 0.15) is 26.4 Å². The van der Waals surface area contributed by atoms with Crippen LogP contribution in [0.15, 0.2) is 60.7 Å². The molecule has 72 heavy (non-hydrogen) atoms. The summed E-state index contributed by atoms with van der Waals surface area (Å²) in [5.74, 6) is 6.36. The van der Waals surface area contributed by atoms with Crippen LogP contribution in [-0.2, 0) is 0 Å². The van der Waals surface area contributed by atoms with Gasteiger partial charge in [0.15, 0.2) is 69.1 Å². The van der Waals surface area contributed by atoms with Crippen LogP contribution in [0.1, 0.15) is 94.1 Å². The van der Waals surface area contributed by atoms with Crippen LogP contribution >= 0.6 is 68.5 Å². The standard InChI is InChI=1S/C14H13ClO3S.C14H14O3S.C13H11ClO3S.C13H12O3S/c1-7(2)13(16)14-12(15)8-5-9-10(6-11(8)19-14)18-4-3-17-9;1-8(2)14(15)13-6-9-5-10-11(7-12(9)18-13)17-4-3-16-10;1-6(2)12(15)13-11(14)7-3-8-9(17-5-16-8)4-10(7)18-13;1-7(2)13(14)12-4-8-3-9-10(16-6-15-9)5-11(8)17-12/h5-7H,3-4H2,1-2H3;5-8H,3-4H2,1-2H3;3-4,6H,5H2,1-2H3;3-5,7H,6H2,1-2H3. The molecule has 4 aliphatic heterocycles. The number of carbonyl (C=O) groups excluding carboxylic acids is 4. The second kappa shape index (κ2) is 21.5. The van der Waals surface area contributed by atoms with E-state index in [2.05, 4.69) is 0 Å². The van der Waals surface area contributed by atoms with Gasteiger partial charge in [-0.1, -0.05) is 78.6 Å². The Balaban J connectivity index is 0.000000119. The average molecular weight is 1090 g/mol. The Labute approximate surface area is 441 Å². The topological polar surface area (TPSA) is 142 Å². The molecule has 12 rings (SSSR count). The number of ether oxygens (including phenoxy) is 8. The summed E-state index contributed by atoms with van der Waals surface area (Å²) in [6.45, 7) is 17.9. The molecule has 0 saturated carbocycles. The molecule has 0 saturated heterocycles. The van der Waals surface area contributed by atoms with Crippen molar-refractivity contribution in [2.24, 2.45) is 23.7 Å². The fraction of sp³-hybridized carbons (Fsp3) is 0.333. The second-order valence-electron chi connectivity index (χ2n) is 18.3. The van der Waals surface area contributed by atoms with Crippen molar-refractivity contribution in [3.05, 3.63) is 90.2 Å². The van der Waals surface area contributed by atoms with Crippen LogP contribution < -0.4 is 37.9 Å². The van der Waals surface area contributed by atoms with E-state index in [0.717, 1.165) is 78.8 Å². The van der Waals surface area contributed by atoms with Gasteiger partial charge in [-0.3, -0.25) is 19.2 Å². The molecule has 4 aromatic heterocycles. The fourth-order valence-corrected chi connectivity index (χ4v) is 13.3. The van der Waals surface area contributed by atoms with Crippen molar-refractivity contribution in [3.8, 4) is 46.0 Å². The number of benzene rings is 4. The van der Waals surface area contributed by atoms with E-state index in [9.17, 15) is 19.2 Å². The molecule has 4 aliphatic rings. The van der Waals surface area contributed by atoms with Gasteiger partial charge >= 0.3 is 0 Å². The van der Waals surface area contributed by atoms with Gasteiger partial charge in [0.2, 0.25) is 13.6 Å². The number of rotatable bonds is 8. The normalized spacial score (nSPS) is 13.9. The van der Waals surface area contributed by atoms with Crippen LogP contribution in [0.4, 0.5) is 0 Å².